The van der Waals surface area contributed by atoms with E-state index in [1.54, 1.807) is 13.8 Å². The number of hydrogen-bond donors (Lipinski definition) is 2. The summed E-state index contributed by atoms with van der Waals surface area (Å²) >= 11 is 0. The molecule has 140 valence electrons. The van der Waals surface area contributed by atoms with E-state index in [9.17, 15) is 24.9 Å². The Labute approximate surface area is 163 Å². The summed E-state index contributed by atoms with van der Waals surface area (Å²) in [6.45, 7) is 7.44. The number of unbranched alkanes of at least 4 members (excludes halogenated alkanes) is 4. The standard InChI is InChI=1S/C18H33NO5.Li/c1-4-7-8-9-10-11-12-19(13-14-20,15(5-2)17(21)22)16(6-3)18(23)24;/h4,15-16,20H,1,5-14H2,2-3H3,(H-,21,22,23,24);/q;+1. The number of aliphatic hydroxyl groups excluding tert-OH is 1. The van der Waals surface area contributed by atoms with Crippen LogP contribution in [0.4, 0.5) is 0 Å². The van der Waals surface area contributed by atoms with Crippen LogP contribution >= 0.6 is 0 Å². The van der Waals surface area contributed by atoms with Crippen LogP contribution in [0.5, 0.6) is 0 Å². The molecule has 0 aromatic heterocycles. The van der Waals surface area contributed by atoms with Crippen LogP contribution in [0.15, 0.2) is 12.7 Å². The molecular formula is C18H33LiNO5+. The molecule has 0 aliphatic rings. The zero-order valence-electron chi connectivity index (χ0n) is 16.1. The monoisotopic (exact) mass is 350 g/mol. The molecule has 0 bridgehead atoms. The van der Waals surface area contributed by atoms with Crippen molar-refractivity contribution in [2.45, 2.75) is 70.9 Å². The van der Waals surface area contributed by atoms with Gasteiger partial charge in [-0.15, -0.1) is 6.58 Å². The Morgan fingerprint density at radius 3 is 2.04 bits per heavy atom. The molecular weight excluding hydrogens is 317 g/mol. The number of carbonyl (C=O) groups is 2. The third-order valence-corrected chi connectivity index (χ3v) is 4.82. The Hall–Kier alpha value is -0.803. The number of carboxylic acids is 2. The number of allylic oxidation sites excluding steroid dienone is 1. The molecule has 6 nitrogen and oxygen atoms in total. The van der Waals surface area contributed by atoms with Crippen LogP contribution in [0.3, 0.4) is 0 Å². The van der Waals surface area contributed by atoms with Crippen LogP contribution in [-0.4, -0.2) is 58.4 Å². The van der Waals surface area contributed by atoms with Crippen molar-refractivity contribution in [3.05, 3.63) is 12.7 Å². The van der Waals surface area contributed by atoms with Gasteiger partial charge in [-0.05, 0) is 25.7 Å². The topological polar surface area (TPSA) is 97.7 Å². The number of carbonyl (C=O) groups excluding carboxylic acids is 1. The molecule has 0 heterocycles. The van der Waals surface area contributed by atoms with Gasteiger partial charge in [0.15, 0.2) is 6.04 Å². The van der Waals surface area contributed by atoms with Crippen LogP contribution in [0, 0.1) is 0 Å². The molecule has 0 radical (unpaired) electrons. The second kappa shape index (κ2) is 14.4. The van der Waals surface area contributed by atoms with Gasteiger partial charge in [-0.3, -0.25) is 0 Å². The van der Waals surface area contributed by atoms with E-state index in [1.165, 1.54) is 0 Å². The van der Waals surface area contributed by atoms with Crippen LogP contribution in [-0.2, 0) is 9.59 Å². The number of quaternary nitrogens is 1. The number of aliphatic carboxylic acids is 2. The number of aliphatic hydroxyl groups is 1. The van der Waals surface area contributed by atoms with Gasteiger partial charge in [0.1, 0.15) is 12.6 Å². The van der Waals surface area contributed by atoms with Crippen molar-refractivity contribution in [1.82, 2.24) is 0 Å². The molecule has 0 saturated heterocycles. The Kier molecular flexibility index (Phi) is 15.2. The summed E-state index contributed by atoms with van der Waals surface area (Å²) in [4.78, 5) is 23.4. The first-order chi connectivity index (χ1) is 11.4. The Morgan fingerprint density at radius 2 is 1.64 bits per heavy atom. The van der Waals surface area contributed by atoms with Crippen molar-refractivity contribution in [2.24, 2.45) is 0 Å². The number of rotatable bonds is 15. The van der Waals surface area contributed by atoms with E-state index < -0.39 is 24.0 Å². The van der Waals surface area contributed by atoms with E-state index in [-0.39, 0.29) is 42.9 Å². The van der Waals surface area contributed by atoms with E-state index in [4.69, 9.17) is 0 Å². The SMILES string of the molecule is C=CCCCCCC[N+](CCO)(C(CC)C(=O)[O-])C(CC)C(=O)O.[Li+]. The van der Waals surface area contributed by atoms with Gasteiger partial charge < -0.3 is 24.6 Å². The fraction of sp³-hybridized carbons (Fsp3) is 0.778. The molecule has 25 heavy (non-hydrogen) atoms. The predicted molar refractivity (Wildman–Crippen MR) is 91.2 cm³/mol. The van der Waals surface area contributed by atoms with Gasteiger partial charge in [-0.1, -0.05) is 26.3 Å². The molecule has 7 heteroatoms. The molecule has 0 aliphatic carbocycles. The minimum atomic E-state index is -1.24. The number of nitrogens with zero attached hydrogens (tertiary/aromatic N) is 1. The molecule has 0 aromatic carbocycles. The molecule has 2 N–H and O–H groups in total. The quantitative estimate of drug-likeness (QED) is 0.159. The Bertz CT molecular complexity index is 381. The summed E-state index contributed by atoms with van der Waals surface area (Å²) in [5, 5.41) is 30.8. The second-order valence-electron chi connectivity index (χ2n) is 6.27. The van der Waals surface area contributed by atoms with Crippen molar-refractivity contribution < 1.29 is 48.3 Å². The maximum Gasteiger partial charge on any atom is 1.00 e. The molecule has 0 fully saturated rings. The van der Waals surface area contributed by atoms with Crippen molar-refractivity contribution in [1.29, 1.82) is 0 Å². The minimum Gasteiger partial charge on any atom is -0.544 e. The van der Waals surface area contributed by atoms with Crippen LogP contribution in [0.25, 0.3) is 0 Å². The van der Waals surface area contributed by atoms with Crippen LogP contribution in [0.1, 0.15) is 58.8 Å². The number of hydrogen-bond acceptors (Lipinski definition) is 4. The van der Waals surface area contributed by atoms with Gasteiger partial charge >= 0.3 is 24.8 Å². The average Bonchev–Trinajstić information content (AvgIpc) is 2.51. The van der Waals surface area contributed by atoms with Gasteiger partial charge in [0, 0.05) is 12.8 Å². The molecule has 3 atom stereocenters. The average molecular weight is 350 g/mol. The fourth-order valence-electron chi connectivity index (χ4n) is 3.69. The first-order valence-electron chi connectivity index (χ1n) is 8.93. The third kappa shape index (κ3) is 7.96. The summed E-state index contributed by atoms with van der Waals surface area (Å²) < 4.78 is -0.136. The number of carboxylic acid groups (broad SMARTS) is 2. The first kappa shape index (κ1) is 26.4. The zero-order chi connectivity index (χ0) is 18.6. The van der Waals surface area contributed by atoms with Gasteiger partial charge in [0.05, 0.1) is 19.1 Å². The predicted octanol–water partition coefficient (Wildman–Crippen LogP) is -1.67. The first-order valence-corrected chi connectivity index (χ1v) is 8.93. The van der Waals surface area contributed by atoms with Crippen molar-refractivity contribution in [2.75, 3.05) is 19.7 Å². The minimum absolute atomic E-state index is 0. The van der Waals surface area contributed by atoms with Crippen LogP contribution < -0.4 is 24.0 Å². The summed E-state index contributed by atoms with van der Waals surface area (Å²) in [6.07, 6.45) is 7.06. The molecule has 0 aromatic rings. The van der Waals surface area contributed by atoms with Gasteiger partial charge in [0.2, 0.25) is 0 Å². The van der Waals surface area contributed by atoms with E-state index in [0.717, 1.165) is 32.1 Å². The van der Waals surface area contributed by atoms with E-state index >= 15 is 0 Å². The third-order valence-electron chi connectivity index (χ3n) is 4.82. The zero-order valence-corrected chi connectivity index (χ0v) is 16.1. The molecule has 0 spiro atoms. The fourth-order valence-corrected chi connectivity index (χ4v) is 3.69. The molecule has 3 unspecified atom stereocenters. The molecule has 0 aliphatic heterocycles. The van der Waals surface area contributed by atoms with Gasteiger partial charge in [0.25, 0.3) is 0 Å². The Balaban J connectivity index is 0. The smallest absolute Gasteiger partial charge is 0.544 e. The van der Waals surface area contributed by atoms with Crippen molar-refractivity contribution in [3.8, 4) is 0 Å². The second-order valence-corrected chi connectivity index (χ2v) is 6.27. The normalized spacial score (nSPS) is 15.5. The summed E-state index contributed by atoms with van der Waals surface area (Å²) in [6, 6.07) is -1.78. The van der Waals surface area contributed by atoms with Crippen LogP contribution in [0.2, 0.25) is 0 Å². The van der Waals surface area contributed by atoms with Gasteiger partial charge in [-0.25, -0.2) is 4.79 Å². The van der Waals surface area contributed by atoms with E-state index in [0.29, 0.717) is 13.0 Å². The summed E-state index contributed by atoms with van der Waals surface area (Å²) in [5.41, 5.74) is 0. The summed E-state index contributed by atoms with van der Waals surface area (Å²) in [7, 11) is 0. The largest absolute Gasteiger partial charge is 1.00 e. The molecule has 0 saturated carbocycles. The summed E-state index contributed by atoms with van der Waals surface area (Å²) in [5.74, 6) is -2.25. The maximum atomic E-state index is 11.7. The van der Waals surface area contributed by atoms with Gasteiger partial charge in [-0.2, -0.15) is 0 Å². The molecule has 0 amide bonds. The molecule has 0 rings (SSSR count). The van der Waals surface area contributed by atoms with E-state index in [1.807, 2.05) is 6.08 Å². The Morgan fingerprint density at radius 1 is 1.08 bits per heavy atom. The van der Waals surface area contributed by atoms with Crippen molar-refractivity contribution >= 4 is 11.9 Å². The maximum absolute atomic E-state index is 11.7. The van der Waals surface area contributed by atoms with Crippen molar-refractivity contribution in [3.63, 3.8) is 0 Å². The van der Waals surface area contributed by atoms with E-state index in [2.05, 4.69) is 6.58 Å².